The molecule has 1 aliphatic carbocycles. The fraction of sp³-hybridized carbons (Fsp3) is 0.700. The van der Waals surface area contributed by atoms with Crippen LogP contribution in [0.25, 0.3) is 0 Å². The van der Waals surface area contributed by atoms with Gasteiger partial charge in [0.2, 0.25) is 11.2 Å². The summed E-state index contributed by atoms with van der Waals surface area (Å²) in [5.41, 5.74) is 0. The quantitative estimate of drug-likeness (QED) is 0.846. The maximum Gasteiger partial charge on any atom is 0.322 e. The van der Waals surface area contributed by atoms with Gasteiger partial charge in [-0.15, -0.1) is 0 Å². The Balaban J connectivity index is 2.24. The van der Waals surface area contributed by atoms with E-state index in [4.69, 9.17) is 21.4 Å². The molecule has 1 aliphatic rings. The third kappa shape index (κ3) is 2.76. The lowest BCUT2D eigenvalue weighted by molar-refractivity contribution is 0.281. The molecule has 0 bridgehead atoms. The molecule has 0 aliphatic heterocycles. The summed E-state index contributed by atoms with van der Waals surface area (Å²) < 4.78 is 4.96. The largest absolute Gasteiger partial charge is 0.467 e. The summed E-state index contributed by atoms with van der Waals surface area (Å²) in [5, 5.41) is 9.19. The Morgan fingerprint density at radius 1 is 1.41 bits per heavy atom. The summed E-state index contributed by atoms with van der Waals surface area (Å²) in [6.07, 6.45) is 3.37. The summed E-state index contributed by atoms with van der Waals surface area (Å²) in [6, 6.07) is 0.576. The first-order valence-electron chi connectivity index (χ1n) is 5.57. The zero-order chi connectivity index (χ0) is 12.3. The first kappa shape index (κ1) is 12.3. The Hall–Kier alpha value is -1.14. The van der Waals surface area contributed by atoms with Gasteiger partial charge in [0.1, 0.15) is 0 Å². The number of aliphatic hydroxyl groups is 1. The van der Waals surface area contributed by atoms with Crippen molar-refractivity contribution in [2.24, 2.45) is 0 Å². The molecular formula is C10H15ClN4O2. The monoisotopic (exact) mass is 258 g/mol. The molecule has 0 aromatic carbocycles. The summed E-state index contributed by atoms with van der Waals surface area (Å²) in [5.74, 6) is 0.473. The normalized spacial score (nSPS) is 15.5. The first-order chi connectivity index (χ1) is 8.24. The SMILES string of the molecule is COc1nc(Cl)nc(N(CCO)C2CCC2)n1. The Kier molecular flexibility index (Phi) is 3.96. The van der Waals surface area contributed by atoms with Gasteiger partial charge in [0.25, 0.3) is 0 Å². The Morgan fingerprint density at radius 2 is 2.18 bits per heavy atom. The highest BCUT2D eigenvalue weighted by atomic mass is 35.5. The van der Waals surface area contributed by atoms with Gasteiger partial charge < -0.3 is 14.7 Å². The van der Waals surface area contributed by atoms with Crippen LogP contribution in [0, 0.1) is 0 Å². The smallest absolute Gasteiger partial charge is 0.322 e. The topological polar surface area (TPSA) is 71.4 Å². The van der Waals surface area contributed by atoms with Crippen molar-refractivity contribution in [1.29, 1.82) is 0 Å². The third-order valence-corrected chi connectivity index (χ3v) is 3.04. The average Bonchev–Trinajstić information content (AvgIpc) is 2.25. The van der Waals surface area contributed by atoms with Crippen LogP contribution in [-0.2, 0) is 0 Å². The van der Waals surface area contributed by atoms with Gasteiger partial charge in [-0.3, -0.25) is 0 Å². The molecule has 1 aromatic heterocycles. The van der Waals surface area contributed by atoms with Crippen LogP contribution in [0.1, 0.15) is 19.3 Å². The van der Waals surface area contributed by atoms with E-state index in [-0.39, 0.29) is 17.9 Å². The van der Waals surface area contributed by atoms with E-state index in [0.717, 1.165) is 12.8 Å². The van der Waals surface area contributed by atoms with Crippen LogP contribution in [0.4, 0.5) is 5.95 Å². The molecule has 2 rings (SSSR count). The van der Waals surface area contributed by atoms with Crippen molar-refractivity contribution in [2.75, 3.05) is 25.2 Å². The van der Waals surface area contributed by atoms with Gasteiger partial charge in [0.05, 0.1) is 13.7 Å². The number of halogens is 1. The van der Waals surface area contributed by atoms with E-state index in [1.165, 1.54) is 13.5 Å². The predicted molar refractivity (Wildman–Crippen MR) is 63.5 cm³/mol. The van der Waals surface area contributed by atoms with E-state index in [9.17, 15) is 0 Å². The molecular weight excluding hydrogens is 244 g/mol. The highest BCUT2D eigenvalue weighted by Crippen LogP contribution is 2.28. The van der Waals surface area contributed by atoms with Crippen LogP contribution < -0.4 is 9.64 Å². The second kappa shape index (κ2) is 5.46. The Morgan fingerprint density at radius 3 is 2.71 bits per heavy atom. The van der Waals surface area contributed by atoms with Crippen molar-refractivity contribution in [3.8, 4) is 6.01 Å². The molecule has 1 saturated carbocycles. The van der Waals surface area contributed by atoms with E-state index in [1.54, 1.807) is 0 Å². The van der Waals surface area contributed by atoms with E-state index in [2.05, 4.69) is 15.0 Å². The van der Waals surface area contributed by atoms with Gasteiger partial charge in [-0.05, 0) is 30.9 Å². The molecule has 1 N–H and O–H groups in total. The van der Waals surface area contributed by atoms with E-state index in [1.807, 2.05) is 4.90 Å². The molecule has 0 saturated heterocycles. The minimum absolute atomic E-state index is 0.0577. The number of nitrogens with zero attached hydrogens (tertiary/aromatic N) is 4. The standard InChI is InChI=1S/C10H15ClN4O2/c1-17-10-13-8(11)12-9(14-10)15(5-6-16)7-3-2-4-7/h7,16H,2-6H2,1H3. The summed E-state index contributed by atoms with van der Waals surface area (Å²) in [4.78, 5) is 14.0. The highest BCUT2D eigenvalue weighted by Gasteiger charge is 2.27. The predicted octanol–water partition coefficient (Wildman–Crippen LogP) is 0.885. The highest BCUT2D eigenvalue weighted by molar-refractivity contribution is 6.28. The fourth-order valence-corrected chi connectivity index (χ4v) is 1.94. The first-order valence-corrected chi connectivity index (χ1v) is 5.95. The third-order valence-electron chi connectivity index (χ3n) is 2.87. The second-order valence-electron chi connectivity index (χ2n) is 3.89. The van der Waals surface area contributed by atoms with E-state index >= 15 is 0 Å². The van der Waals surface area contributed by atoms with Crippen molar-refractivity contribution < 1.29 is 9.84 Å². The van der Waals surface area contributed by atoms with Gasteiger partial charge in [-0.2, -0.15) is 15.0 Å². The van der Waals surface area contributed by atoms with Gasteiger partial charge in [0.15, 0.2) is 0 Å². The lowest BCUT2D eigenvalue weighted by Gasteiger charge is -2.37. The number of ether oxygens (including phenoxy) is 1. The summed E-state index contributed by atoms with van der Waals surface area (Å²) in [7, 11) is 1.48. The number of anilines is 1. The lowest BCUT2D eigenvalue weighted by atomic mass is 9.92. The molecule has 0 spiro atoms. The maximum absolute atomic E-state index is 9.09. The molecule has 1 aromatic rings. The van der Waals surface area contributed by atoms with Crippen molar-refractivity contribution in [2.45, 2.75) is 25.3 Å². The maximum atomic E-state index is 9.09. The van der Waals surface area contributed by atoms with Crippen molar-refractivity contribution in [3.63, 3.8) is 0 Å². The van der Waals surface area contributed by atoms with Gasteiger partial charge in [-0.25, -0.2) is 0 Å². The molecule has 6 nitrogen and oxygen atoms in total. The number of aromatic nitrogens is 3. The molecule has 0 unspecified atom stereocenters. The average molecular weight is 259 g/mol. The van der Waals surface area contributed by atoms with Crippen molar-refractivity contribution in [1.82, 2.24) is 15.0 Å². The van der Waals surface area contributed by atoms with Gasteiger partial charge in [0, 0.05) is 12.6 Å². The zero-order valence-corrected chi connectivity index (χ0v) is 10.4. The molecule has 0 atom stereocenters. The number of aliphatic hydroxyl groups excluding tert-OH is 1. The van der Waals surface area contributed by atoms with Crippen LogP contribution in [0.3, 0.4) is 0 Å². The number of hydrogen-bond donors (Lipinski definition) is 1. The zero-order valence-electron chi connectivity index (χ0n) is 9.64. The summed E-state index contributed by atoms with van der Waals surface area (Å²) >= 11 is 5.81. The van der Waals surface area contributed by atoms with Crippen LogP contribution in [0.15, 0.2) is 0 Å². The minimum Gasteiger partial charge on any atom is -0.467 e. The van der Waals surface area contributed by atoms with Crippen molar-refractivity contribution >= 4 is 17.5 Å². The summed E-state index contributed by atoms with van der Waals surface area (Å²) in [6.45, 7) is 0.552. The Bertz CT molecular complexity index is 387. The van der Waals surface area contributed by atoms with E-state index in [0.29, 0.717) is 18.5 Å². The van der Waals surface area contributed by atoms with Crippen molar-refractivity contribution in [3.05, 3.63) is 5.28 Å². The molecule has 7 heteroatoms. The van der Waals surface area contributed by atoms with Crippen LogP contribution in [0.2, 0.25) is 5.28 Å². The van der Waals surface area contributed by atoms with Gasteiger partial charge >= 0.3 is 6.01 Å². The molecule has 0 amide bonds. The van der Waals surface area contributed by atoms with Crippen LogP contribution in [0.5, 0.6) is 6.01 Å². The molecule has 0 radical (unpaired) electrons. The molecule has 94 valence electrons. The second-order valence-corrected chi connectivity index (χ2v) is 4.23. The number of methoxy groups -OCH3 is 1. The lowest BCUT2D eigenvalue weighted by Crippen LogP contribution is -2.43. The Labute approximate surface area is 105 Å². The van der Waals surface area contributed by atoms with Gasteiger partial charge in [-0.1, -0.05) is 0 Å². The molecule has 1 heterocycles. The molecule has 17 heavy (non-hydrogen) atoms. The number of hydrogen-bond acceptors (Lipinski definition) is 6. The fourth-order valence-electron chi connectivity index (χ4n) is 1.79. The van der Waals surface area contributed by atoms with E-state index < -0.39 is 0 Å². The van der Waals surface area contributed by atoms with Crippen LogP contribution in [-0.4, -0.2) is 46.4 Å². The number of rotatable bonds is 5. The molecule has 1 fully saturated rings. The van der Waals surface area contributed by atoms with Crippen LogP contribution >= 0.6 is 11.6 Å². The minimum atomic E-state index is 0.0577.